The van der Waals surface area contributed by atoms with Gasteiger partial charge in [-0.3, -0.25) is 20.4 Å². The standard InChI is InChI=1S/C17H20FN3O4/c1-10-13(11(2)25-21-10)8-9-16(22)19-20-17(23)12(3)24-15-7-5-4-6-14(15)18/h4-7,12H,8-9H2,1-3H3,(H,19,22)(H,20,23). The molecule has 8 heteroatoms. The summed E-state index contributed by atoms with van der Waals surface area (Å²) in [6.07, 6.45) is -0.365. The summed E-state index contributed by atoms with van der Waals surface area (Å²) in [6, 6.07) is 5.77. The van der Waals surface area contributed by atoms with Crippen LogP contribution in [-0.4, -0.2) is 23.1 Å². The van der Waals surface area contributed by atoms with E-state index in [1.165, 1.54) is 25.1 Å². The summed E-state index contributed by atoms with van der Waals surface area (Å²) in [6.45, 7) is 5.03. The van der Waals surface area contributed by atoms with Gasteiger partial charge in [0.25, 0.3) is 5.91 Å². The van der Waals surface area contributed by atoms with Gasteiger partial charge < -0.3 is 9.26 Å². The summed E-state index contributed by atoms with van der Waals surface area (Å²) in [5.74, 6) is -0.887. The highest BCUT2D eigenvalue weighted by Gasteiger charge is 2.17. The van der Waals surface area contributed by atoms with E-state index in [-0.39, 0.29) is 18.1 Å². The molecule has 1 aromatic carbocycles. The maximum Gasteiger partial charge on any atom is 0.279 e. The first-order valence-corrected chi connectivity index (χ1v) is 7.80. The van der Waals surface area contributed by atoms with Crippen molar-refractivity contribution < 1.29 is 23.2 Å². The first kappa shape index (κ1) is 18.4. The number of amides is 2. The molecule has 0 aliphatic heterocycles. The van der Waals surface area contributed by atoms with E-state index in [1.807, 2.05) is 0 Å². The summed E-state index contributed by atoms with van der Waals surface area (Å²) in [7, 11) is 0. The lowest BCUT2D eigenvalue weighted by molar-refractivity contribution is -0.132. The quantitative estimate of drug-likeness (QED) is 0.778. The Kier molecular flexibility index (Phi) is 6.10. The average Bonchev–Trinajstić information content (AvgIpc) is 2.91. The second-order valence-electron chi connectivity index (χ2n) is 5.53. The van der Waals surface area contributed by atoms with Gasteiger partial charge >= 0.3 is 0 Å². The molecule has 0 saturated carbocycles. The molecular formula is C17H20FN3O4. The van der Waals surface area contributed by atoms with Crippen LogP contribution in [0, 0.1) is 19.7 Å². The van der Waals surface area contributed by atoms with Gasteiger partial charge in [-0.15, -0.1) is 0 Å². The number of halogens is 1. The second kappa shape index (κ2) is 8.27. The third-order valence-corrected chi connectivity index (χ3v) is 3.62. The van der Waals surface area contributed by atoms with Gasteiger partial charge in [-0.25, -0.2) is 4.39 Å². The van der Waals surface area contributed by atoms with Crippen molar-refractivity contribution in [3.63, 3.8) is 0 Å². The van der Waals surface area contributed by atoms with E-state index in [9.17, 15) is 14.0 Å². The first-order valence-electron chi connectivity index (χ1n) is 7.80. The summed E-state index contributed by atoms with van der Waals surface area (Å²) < 4.78 is 23.7. The molecule has 134 valence electrons. The number of aromatic nitrogens is 1. The largest absolute Gasteiger partial charge is 0.478 e. The van der Waals surface area contributed by atoms with Crippen molar-refractivity contribution in [1.82, 2.24) is 16.0 Å². The molecule has 0 saturated heterocycles. The Morgan fingerprint density at radius 2 is 2.00 bits per heavy atom. The summed E-state index contributed by atoms with van der Waals surface area (Å²) in [5, 5.41) is 3.81. The van der Waals surface area contributed by atoms with Gasteiger partial charge in [0.1, 0.15) is 5.76 Å². The summed E-state index contributed by atoms with van der Waals surface area (Å²) in [5.41, 5.74) is 6.17. The number of ether oxygens (including phenoxy) is 1. The molecule has 7 nitrogen and oxygen atoms in total. The predicted octanol–water partition coefficient (Wildman–Crippen LogP) is 1.98. The Morgan fingerprint density at radius 1 is 1.28 bits per heavy atom. The molecule has 2 N–H and O–H groups in total. The molecule has 0 aliphatic carbocycles. The van der Waals surface area contributed by atoms with Crippen molar-refractivity contribution in [2.75, 3.05) is 0 Å². The van der Waals surface area contributed by atoms with E-state index in [1.54, 1.807) is 19.9 Å². The van der Waals surface area contributed by atoms with E-state index in [2.05, 4.69) is 16.0 Å². The number of hydrogen-bond donors (Lipinski definition) is 2. The van der Waals surface area contributed by atoms with E-state index in [0.717, 1.165) is 11.3 Å². The molecule has 2 rings (SSSR count). The zero-order chi connectivity index (χ0) is 18.4. The normalized spacial score (nSPS) is 11.7. The molecule has 0 bridgehead atoms. The fraction of sp³-hybridized carbons (Fsp3) is 0.353. The van der Waals surface area contributed by atoms with Crippen molar-refractivity contribution >= 4 is 11.8 Å². The number of nitrogens with zero attached hydrogens (tertiary/aromatic N) is 1. The van der Waals surface area contributed by atoms with Crippen molar-refractivity contribution in [2.45, 2.75) is 39.7 Å². The molecule has 1 atom stereocenters. The Labute approximate surface area is 144 Å². The molecule has 2 amide bonds. The smallest absolute Gasteiger partial charge is 0.279 e. The van der Waals surface area contributed by atoms with Gasteiger partial charge in [-0.05, 0) is 39.3 Å². The molecule has 25 heavy (non-hydrogen) atoms. The van der Waals surface area contributed by atoms with E-state index in [4.69, 9.17) is 9.26 Å². The van der Waals surface area contributed by atoms with Crippen LogP contribution in [0.15, 0.2) is 28.8 Å². The van der Waals surface area contributed by atoms with Crippen LogP contribution in [0.3, 0.4) is 0 Å². The summed E-state index contributed by atoms with van der Waals surface area (Å²) >= 11 is 0. The molecule has 0 fully saturated rings. The predicted molar refractivity (Wildman–Crippen MR) is 87.1 cm³/mol. The lowest BCUT2D eigenvalue weighted by Gasteiger charge is -2.15. The van der Waals surface area contributed by atoms with Crippen LogP contribution in [0.5, 0.6) is 5.75 Å². The maximum atomic E-state index is 13.5. The number of hydrogen-bond acceptors (Lipinski definition) is 5. The van der Waals surface area contributed by atoms with Gasteiger partial charge in [0.2, 0.25) is 5.91 Å². The van der Waals surface area contributed by atoms with Crippen molar-refractivity contribution in [3.05, 3.63) is 47.1 Å². The monoisotopic (exact) mass is 349 g/mol. The average molecular weight is 349 g/mol. The third kappa shape index (κ3) is 5.03. The van der Waals surface area contributed by atoms with Crippen LogP contribution < -0.4 is 15.6 Å². The zero-order valence-electron chi connectivity index (χ0n) is 14.3. The van der Waals surface area contributed by atoms with Crippen LogP contribution in [-0.2, 0) is 16.0 Å². The molecule has 0 aliphatic rings. The van der Waals surface area contributed by atoms with Crippen LogP contribution in [0.25, 0.3) is 0 Å². The van der Waals surface area contributed by atoms with E-state index >= 15 is 0 Å². The second-order valence-corrected chi connectivity index (χ2v) is 5.53. The van der Waals surface area contributed by atoms with Crippen LogP contribution >= 0.6 is 0 Å². The van der Waals surface area contributed by atoms with Crippen LogP contribution in [0.2, 0.25) is 0 Å². The van der Waals surface area contributed by atoms with Crippen LogP contribution in [0.4, 0.5) is 4.39 Å². The number of aryl methyl sites for hydroxylation is 2. The highest BCUT2D eigenvalue weighted by atomic mass is 19.1. The summed E-state index contributed by atoms with van der Waals surface area (Å²) in [4.78, 5) is 23.7. The third-order valence-electron chi connectivity index (χ3n) is 3.62. The highest BCUT2D eigenvalue weighted by molar-refractivity contribution is 5.84. The molecular weight excluding hydrogens is 329 g/mol. The fourth-order valence-corrected chi connectivity index (χ4v) is 2.18. The molecule has 2 aromatic rings. The Bertz CT molecular complexity index is 741. The lowest BCUT2D eigenvalue weighted by atomic mass is 10.1. The topological polar surface area (TPSA) is 93.5 Å². The minimum Gasteiger partial charge on any atom is -0.478 e. The fourth-order valence-electron chi connectivity index (χ4n) is 2.18. The van der Waals surface area contributed by atoms with Crippen molar-refractivity contribution in [1.29, 1.82) is 0 Å². The first-order chi connectivity index (χ1) is 11.9. The SMILES string of the molecule is Cc1noc(C)c1CCC(=O)NNC(=O)C(C)Oc1ccccc1F. The lowest BCUT2D eigenvalue weighted by Crippen LogP contribution is -2.47. The number of benzene rings is 1. The van der Waals surface area contributed by atoms with Gasteiger partial charge in [-0.2, -0.15) is 0 Å². The van der Waals surface area contributed by atoms with Gasteiger partial charge in [0.15, 0.2) is 17.7 Å². The van der Waals surface area contributed by atoms with Crippen LogP contribution in [0.1, 0.15) is 30.4 Å². The highest BCUT2D eigenvalue weighted by Crippen LogP contribution is 2.17. The number of nitrogens with one attached hydrogen (secondary N) is 2. The Balaban J connectivity index is 1.77. The maximum absolute atomic E-state index is 13.5. The number of carbonyl (C=O) groups is 2. The molecule has 1 aromatic heterocycles. The van der Waals surface area contributed by atoms with Gasteiger partial charge in [-0.1, -0.05) is 17.3 Å². The minimum absolute atomic E-state index is 0.0325. The van der Waals surface area contributed by atoms with E-state index < -0.39 is 17.8 Å². The van der Waals surface area contributed by atoms with Gasteiger partial charge in [0, 0.05) is 12.0 Å². The molecule has 1 heterocycles. The molecule has 1 unspecified atom stereocenters. The van der Waals surface area contributed by atoms with Crippen molar-refractivity contribution in [2.24, 2.45) is 0 Å². The van der Waals surface area contributed by atoms with Gasteiger partial charge in [0.05, 0.1) is 5.69 Å². The Hall–Kier alpha value is -2.90. The zero-order valence-corrected chi connectivity index (χ0v) is 14.3. The number of para-hydroxylation sites is 1. The molecule has 0 spiro atoms. The van der Waals surface area contributed by atoms with Crippen molar-refractivity contribution in [3.8, 4) is 5.75 Å². The number of hydrazine groups is 1. The Morgan fingerprint density at radius 3 is 2.64 bits per heavy atom. The molecule has 0 radical (unpaired) electrons. The minimum atomic E-state index is -0.972. The number of carbonyl (C=O) groups excluding carboxylic acids is 2. The van der Waals surface area contributed by atoms with E-state index in [0.29, 0.717) is 12.2 Å². The number of rotatable bonds is 6.